The summed E-state index contributed by atoms with van der Waals surface area (Å²) in [7, 11) is 0. The van der Waals surface area contributed by atoms with Crippen molar-refractivity contribution in [2.75, 3.05) is 4.90 Å². The van der Waals surface area contributed by atoms with Crippen molar-refractivity contribution in [2.24, 2.45) is 0 Å². The first-order valence-corrected chi connectivity index (χ1v) is 8.21. The van der Waals surface area contributed by atoms with Gasteiger partial charge in [0.1, 0.15) is 0 Å². The molecule has 2 aromatic rings. The van der Waals surface area contributed by atoms with E-state index in [1.54, 1.807) is 0 Å². The van der Waals surface area contributed by atoms with Gasteiger partial charge in [0.25, 0.3) is 0 Å². The molecule has 0 heterocycles. The van der Waals surface area contributed by atoms with Crippen LogP contribution in [0.3, 0.4) is 0 Å². The van der Waals surface area contributed by atoms with Gasteiger partial charge in [-0.05, 0) is 37.1 Å². The summed E-state index contributed by atoms with van der Waals surface area (Å²) in [5.41, 5.74) is 3.49. The Hall–Kier alpha value is -2.49. The van der Waals surface area contributed by atoms with Crippen LogP contribution in [-0.2, 0) is 0 Å². The van der Waals surface area contributed by atoms with Crippen molar-refractivity contribution in [2.45, 2.75) is 38.1 Å². The quantitative estimate of drug-likeness (QED) is 0.843. The summed E-state index contributed by atoms with van der Waals surface area (Å²) in [6.45, 7) is 0. The molecule has 23 heavy (non-hydrogen) atoms. The molecule has 4 nitrogen and oxygen atoms in total. The van der Waals surface area contributed by atoms with Gasteiger partial charge in [-0.25, -0.2) is 4.79 Å². The zero-order chi connectivity index (χ0) is 15.9. The number of carbonyl (C=O) groups is 1. The third-order valence-corrected chi connectivity index (χ3v) is 4.19. The van der Waals surface area contributed by atoms with Crippen LogP contribution >= 0.6 is 0 Å². The Bertz CT molecular complexity index is 610. The number of nitrogens with one attached hydrogen (secondary N) is 1. The van der Waals surface area contributed by atoms with Crippen molar-refractivity contribution in [3.63, 3.8) is 0 Å². The number of carbonyl (C=O) groups excluding carboxylic acids is 1. The molecule has 1 saturated carbocycles. The van der Waals surface area contributed by atoms with Crippen LogP contribution in [0.2, 0.25) is 0 Å². The third-order valence-electron chi connectivity index (χ3n) is 4.19. The van der Waals surface area contributed by atoms with E-state index in [-0.39, 0.29) is 12.1 Å². The molecular weight excluding hydrogens is 288 g/mol. The molecule has 1 fully saturated rings. The number of urea groups is 1. The number of hydrogen-bond acceptors (Lipinski definition) is 2. The second kappa shape index (κ2) is 7.68. The molecule has 3 rings (SSSR count). The molecule has 120 valence electrons. The van der Waals surface area contributed by atoms with Gasteiger partial charge in [-0.2, -0.15) is 5.48 Å². The van der Waals surface area contributed by atoms with E-state index in [9.17, 15) is 4.79 Å². The summed E-state index contributed by atoms with van der Waals surface area (Å²) >= 11 is 0. The monoisotopic (exact) mass is 310 g/mol. The molecule has 4 heteroatoms. The van der Waals surface area contributed by atoms with Crippen molar-refractivity contribution < 1.29 is 9.63 Å². The molecule has 0 radical (unpaired) electrons. The highest BCUT2D eigenvalue weighted by atomic mass is 16.7. The first-order chi connectivity index (χ1) is 11.3. The topological polar surface area (TPSA) is 41.6 Å². The van der Waals surface area contributed by atoms with Gasteiger partial charge in [0, 0.05) is 11.7 Å². The van der Waals surface area contributed by atoms with Crippen molar-refractivity contribution in [3.05, 3.63) is 60.7 Å². The highest BCUT2D eigenvalue weighted by Gasteiger charge is 2.27. The average molecular weight is 310 g/mol. The number of hydroxylamine groups is 1. The Balaban J connectivity index is 1.73. The zero-order valence-electron chi connectivity index (χ0n) is 13.2. The Morgan fingerprint density at radius 2 is 1.52 bits per heavy atom. The first kappa shape index (κ1) is 15.4. The predicted molar refractivity (Wildman–Crippen MR) is 91.4 cm³/mol. The number of nitrogens with zero attached hydrogens (tertiary/aromatic N) is 1. The molecule has 0 aliphatic heterocycles. The van der Waals surface area contributed by atoms with E-state index in [2.05, 4.69) is 5.48 Å². The maximum Gasteiger partial charge on any atom is 0.355 e. The van der Waals surface area contributed by atoms with Crippen molar-refractivity contribution in [3.8, 4) is 5.75 Å². The Kier molecular flexibility index (Phi) is 5.14. The maximum absolute atomic E-state index is 12.7. The van der Waals surface area contributed by atoms with Gasteiger partial charge >= 0.3 is 6.03 Å². The van der Waals surface area contributed by atoms with Crippen LogP contribution < -0.4 is 15.2 Å². The number of rotatable bonds is 4. The van der Waals surface area contributed by atoms with Crippen molar-refractivity contribution in [1.82, 2.24) is 5.48 Å². The SMILES string of the molecule is O=C(NOc1ccccc1)N(c1ccccc1)C1CCCCC1. The number of benzene rings is 2. The van der Waals surface area contributed by atoms with Gasteiger partial charge in [-0.15, -0.1) is 0 Å². The van der Waals surface area contributed by atoms with Crippen LogP contribution in [0.15, 0.2) is 60.7 Å². The predicted octanol–water partition coefficient (Wildman–Crippen LogP) is 4.53. The van der Waals surface area contributed by atoms with E-state index in [0.29, 0.717) is 5.75 Å². The van der Waals surface area contributed by atoms with Crippen LogP contribution in [0.5, 0.6) is 5.75 Å². The van der Waals surface area contributed by atoms with Crippen LogP contribution in [-0.4, -0.2) is 12.1 Å². The molecular formula is C19H22N2O2. The van der Waals surface area contributed by atoms with E-state index in [1.165, 1.54) is 19.3 Å². The van der Waals surface area contributed by atoms with Gasteiger partial charge in [0.2, 0.25) is 0 Å². The van der Waals surface area contributed by atoms with Crippen LogP contribution in [0.25, 0.3) is 0 Å². The van der Waals surface area contributed by atoms with Crippen LogP contribution in [0.1, 0.15) is 32.1 Å². The molecule has 2 amide bonds. The zero-order valence-corrected chi connectivity index (χ0v) is 13.2. The van der Waals surface area contributed by atoms with Crippen molar-refractivity contribution >= 4 is 11.7 Å². The summed E-state index contributed by atoms with van der Waals surface area (Å²) in [5.74, 6) is 0.623. The molecule has 1 aliphatic rings. The largest absolute Gasteiger partial charge is 0.378 e. The lowest BCUT2D eigenvalue weighted by molar-refractivity contribution is 0.179. The average Bonchev–Trinajstić information content (AvgIpc) is 2.63. The molecule has 1 N–H and O–H groups in total. The van der Waals surface area contributed by atoms with E-state index >= 15 is 0 Å². The standard InChI is InChI=1S/C19H22N2O2/c22-19(20-23-18-14-8-3-9-15-18)21(16-10-4-1-5-11-16)17-12-6-2-7-13-17/h1,3-5,8-11,14-15,17H,2,6-7,12-13H2,(H,20,22). The fraction of sp³-hybridized carbons (Fsp3) is 0.316. The summed E-state index contributed by atoms with van der Waals surface area (Å²) in [5, 5.41) is 0. The summed E-state index contributed by atoms with van der Waals surface area (Å²) in [6, 6.07) is 19.1. The van der Waals surface area contributed by atoms with Crippen molar-refractivity contribution in [1.29, 1.82) is 0 Å². The minimum Gasteiger partial charge on any atom is -0.378 e. The molecule has 0 bridgehead atoms. The van der Waals surface area contributed by atoms with E-state index in [4.69, 9.17) is 4.84 Å². The fourth-order valence-corrected chi connectivity index (χ4v) is 3.06. The van der Waals surface area contributed by atoms with Gasteiger partial charge in [0.05, 0.1) is 0 Å². The highest BCUT2D eigenvalue weighted by Crippen LogP contribution is 2.27. The Morgan fingerprint density at radius 1 is 0.913 bits per heavy atom. The first-order valence-electron chi connectivity index (χ1n) is 8.21. The molecule has 0 unspecified atom stereocenters. The summed E-state index contributed by atoms with van der Waals surface area (Å²) < 4.78 is 0. The lowest BCUT2D eigenvalue weighted by Crippen LogP contribution is -2.48. The second-order valence-electron chi connectivity index (χ2n) is 5.82. The maximum atomic E-state index is 12.7. The summed E-state index contributed by atoms with van der Waals surface area (Å²) in [6.07, 6.45) is 5.66. The van der Waals surface area contributed by atoms with E-state index in [0.717, 1.165) is 18.5 Å². The molecule has 0 saturated heterocycles. The molecule has 0 aromatic heterocycles. The number of hydrogen-bond donors (Lipinski definition) is 1. The molecule has 2 aromatic carbocycles. The lowest BCUT2D eigenvalue weighted by Gasteiger charge is -2.34. The van der Waals surface area contributed by atoms with E-state index < -0.39 is 0 Å². The second-order valence-corrected chi connectivity index (χ2v) is 5.82. The van der Waals surface area contributed by atoms with Crippen LogP contribution in [0.4, 0.5) is 10.5 Å². The summed E-state index contributed by atoms with van der Waals surface area (Å²) in [4.78, 5) is 20.0. The molecule has 0 atom stereocenters. The number of anilines is 1. The van der Waals surface area contributed by atoms with Gasteiger partial charge < -0.3 is 4.84 Å². The van der Waals surface area contributed by atoms with Crippen LogP contribution in [0, 0.1) is 0 Å². The fourth-order valence-electron chi connectivity index (χ4n) is 3.06. The number of amides is 2. The molecule has 1 aliphatic carbocycles. The Morgan fingerprint density at radius 3 is 2.17 bits per heavy atom. The van der Waals surface area contributed by atoms with Gasteiger partial charge in [-0.3, -0.25) is 4.90 Å². The highest BCUT2D eigenvalue weighted by molar-refractivity contribution is 5.92. The third kappa shape index (κ3) is 4.03. The normalized spacial score (nSPS) is 15.0. The number of para-hydroxylation sites is 2. The van der Waals surface area contributed by atoms with Gasteiger partial charge in [-0.1, -0.05) is 55.7 Å². The van der Waals surface area contributed by atoms with Gasteiger partial charge in [0.15, 0.2) is 5.75 Å². The molecule has 0 spiro atoms. The lowest BCUT2D eigenvalue weighted by atomic mass is 9.94. The minimum atomic E-state index is -0.216. The Labute approximate surface area is 137 Å². The minimum absolute atomic E-state index is 0.216. The smallest absolute Gasteiger partial charge is 0.355 e. The van der Waals surface area contributed by atoms with E-state index in [1.807, 2.05) is 65.6 Å².